The Labute approximate surface area is 153 Å². The van der Waals surface area contributed by atoms with Crippen LogP contribution in [0.3, 0.4) is 0 Å². The number of hydrogen-bond acceptors (Lipinski definition) is 2. The van der Waals surface area contributed by atoms with Crippen molar-refractivity contribution in [2.75, 3.05) is 11.9 Å². The first kappa shape index (κ1) is 17.7. The van der Waals surface area contributed by atoms with E-state index in [0.29, 0.717) is 12.1 Å². The average Bonchev–Trinajstić information content (AvgIpc) is 2.63. The first-order chi connectivity index (χ1) is 12.5. The van der Waals surface area contributed by atoms with Gasteiger partial charge in [-0.2, -0.15) is 0 Å². The third-order valence-corrected chi connectivity index (χ3v) is 4.31. The van der Waals surface area contributed by atoms with Gasteiger partial charge in [0.15, 0.2) is 0 Å². The topological polar surface area (TPSA) is 58.2 Å². The van der Waals surface area contributed by atoms with E-state index in [1.807, 2.05) is 68.4 Å². The molecule has 0 bridgehead atoms. The normalized spacial score (nSPS) is 10.5. The standard InChI is InChI=1S/C22H22N2O2/c1-15-7-10-20(16(2)13-15)24-21(25)11-12-23-22(26)19-9-8-17-5-3-4-6-18(17)14-19/h3-10,13-14H,11-12H2,1-2H3,(H,23,26)(H,24,25). The molecule has 0 radical (unpaired) electrons. The molecule has 26 heavy (non-hydrogen) atoms. The summed E-state index contributed by atoms with van der Waals surface area (Å²) in [6.45, 7) is 4.27. The largest absolute Gasteiger partial charge is 0.352 e. The molecule has 4 nitrogen and oxygen atoms in total. The Morgan fingerprint density at radius 1 is 0.885 bits per heavy atom. The van der Waals surface area contributed by atoms with Gasteiger partial charge in [-0.25, -0.2) is 0 Å². The van der Waals surface area contributed by atoms with Gasteiger partial charge in [0.2, 0.25) is 5.91 Å². The molecule has 3 aromatic rings. The molecule has 0 spiro atoms. The Bertz CT molecular complexity index is 963. The highest BCUT2D eigenvalue weighted by Gasteiger charge is 2.08. The van der Waals surface area contributed by atoms with Crippen LogP contribution < -0.4 is 10.6 Å². The minimum Gasteiger partial charge on any atom is -0.352 e. The second-order valence-electron chi connectivity index (χ2n) is 6.43. The lowest BCUT2D eigenvalue weighted by atomic mass is 10.1. The Balaban J connectivity index is 1.53. The van der Waals surface area contributed by atoms with Gasteiger partial charge in [0, 0.05) is 24.2 Å². The van der Waals surface area contributed by atoms with Crippen LogP contribution in [0.15, 0.2) is 60.7 Å². The van der Waals surface area contributed by atoms with Gasteiger partial charge in [-0.3, -0.25) is 9.59 Å². The van der Waals surface area contributed by atoms with E-state index in [2.05, 4.69) is 10.6 Å². The Morgan fingerprint density at radius 2 is 1.65 bits per heavy atom. The molecule has 0 aromatic heterocycles. The highest BCUT2D eigenvalue weighted by atomic mass is 16.2. The molecule has 4 heteroatoms. The number of benzene rings is 3. The maximum atomic E-state index is 12.3. The van der Waals surface area contributed by atoms with Gasteiger partial charge in [0.1, 0.15) is 0 Å². The second-order valence-corrected chi connectivity index (χ2v) is 6.43. The SMILES string of the molecule is Cc1ccc(NC(=O)CCNC(=O)c2ccc3ccccc3c2)c(C)c1. The fourth-order valence-corrected chi connectivity index (χ4v) is 2.89. The molecule has 3 aromatic carbocycles. The average molecular weight is 346 g/mol. The Hall–Kier alpha value is -3.14. The molecule has 0 saturated carbocycles. The van der Waals surface area contributed by atoms with Crippen LogP contribution in [0, 0.1) is 13.8 Å². The summed E-state index contributed by atoms with van der Waals surface area (Å²) in [5, 5.41) is 7.80. The lowest BCUT2D eigenvalue weighted by Crippen LogP contribution is -2.27. The summed E-state index contributed by atoms with van der Waals surface area (Å²) in [5.74, 6) is -0.286. The van der Waals surface area contributed by atoms with Gasteiger partial charge in [0.25, 0.3) is 5.91 Å². The molecule has 2 amide bonds. The molecule has 0 fully saturated rings. The number of fused-ring (bicyclic) bond motifs is 1. The molecule has 0 saturated heterocycles. The van der Waals surface area contributed by atoms with Crippen molar-refractivity contribution in [1.82, 2.24) is 5.32 Å². The zero-order valence-electron chi connectivity index (χ0n) is 15.0. The lowest BCUT2D eigenvalue weighted by molar-refractivity contribution is -0.116. The van der Waals surface area contributed by atoms with Crippen molar-refractivity contribution in [3.8, 4) is 0 Å². The fraction of sp³-hybridized carbons (Fsp3) is 0.182. The number of amides is 2. The van der Waals surface area contributed by atoms with Crippen LogP contribution in [-0.2, 0) is 4.79 Å². The van der Waals surface area contributed by atoms with Crippen LogP contribution in [0.4, 0.5) is 5.69 Å². The summed E-state index contributed by atoms with van der Waals surface area (Å²) in [7, 11) is 0. The lowest BCUT2D eigenvalue weighted by Gasteiger charge is -2.10. The molecule has 0 heterocycles. The molecule has 0 atom stereocenters. The van der Waals surface area contributed by atoms with Crippen LogP contribution in [0.5, 0.6) is 0 Å². The number of nitrogens with one attached hydrogen (secondary N) is 2. The van der Waals surface area contributed by atoms with Gasteiger partial charge in [-0.1, -0.05) is 48.0 Å². The van der Waals surface area contributed by atoms with E-state index in [1.54, 1.807) is 6.07 Å². The maximum absolute atomic E-state index is 12.3. The third-order valence-electron chi connectivity index (χ3n) is 4.31. The summed E-state index contributed by atoms with van der Waals surface area (Å²) in [6.07, 6.45) is 0.229. The molecular formula is C22H22N2O2. The van der Waals surface area contributed by atoms with E-state index >= 15 is 0 Å². The van der Waals surface area contributed by atoms with Crippen LogP contribution >= 0.6 is 0 Å². The molecule has 0 aliphatic heterocycles. The Morgan fingerprint density at radius 3 is 2.42 bits per heavy atom. The summed E-state index contributed by atoms with van der Waals surface area (Å²) in [4.78, 5) is 24.4. The highest BCUT2D eigenvalue weighted by Crippen LogP contribution is 2.17. The molecule has 0 unspecified atom stereocenters. The zero-order valence-corrected chi connectivity index (χ0v) is 15.0. The summed E-state index contributed by atoms with van der Waals surface area (Å²) < 4.78 is 0. The summed E-state index contributed by atoms with van der Waals surface area (Å²) in [5.41, 5.74) is 3.58. The van der Waals surface area contributed by atoms with E-state index in [-0.39, 0.29) is 18.2 Å². The Kier molecular flexibility index (Phi) is 5.32. The fourth-order valence-electron chi connectivity index (χ4n) is 2.89. The summed E-state index contributed by atoms with van der Waals surface area (Å²) >= 11 is 0. The van der Waals surface area contributed by atoms with Gasteiger partial charge < -0.3 is 10.6 Å². The first-order valence-corrected chi connectivity index (χ1v) is 8.67. The number of carbonyl (C=O) groups is 2. The minimum absolute atomic E-state index is 0.115. The van der Waals surface area contributed by atoms with Gasteiger partial charge in [0.05, 0.1) is 0 Å². The van der Waals surface area contributed by atoms with Crippen LogP contribution in [-0.4, -0.2) is 18.4 Å². The van der Waals surface area contributed by atoms with Crippen molar-refractivity contribution in [1.29, 1.82) is 0 Å². The van der Waals surface area contributed by atoms with Crippen molar-refractivity contribution >= 4 is 28.3 Å². The van der Waals surface area contributed by atoms with Gasteiger partial charge in [-0.05, 0) is 48.4 Å². The van der Waals surface area contributed by atoms with E-state index < -0.39 is 0 Å². The van der Waals surface area contributed by atoms with E-state index in [9.17, 15) is 9.59 Å². The molecule has 132 valence electrons. The summed E-state index contributed by atoms with van der Waals surface area (Å²) in [6, 6.07) is 19.4. The van der Waals surface area contributed by atoms with Gasteiger partial charge in [-0.15, -0.1) is 0 Å². The zero-order chi connectivity index (χ0) is 18.5. The van der Waals surface area contributed by atoms with Gasteiger partial charge >= 0.3 is 0 Å². The maximum Gasteiger partial charge on any atom is 0.251 e. The van der Waals surface area contributed by atoms with Crippen molar-refractivity contribution in [3.63, 3.8) is 0 Å². The van der Waals surface area contributed by atoms with E-state index in [4.69, 9.17) is 0 Å². The van der Waals surface area contributed by atoms with Crippen molar-refractivity contribution in [2.45, 2.75) is 20.3 Å². The van der Waals surface area contributed by atoms with Crippen molar-refractivity contribution < 1.29 is 9.59 Å². The molecular weight excluding hydrogens is 324 g/mol. The third kappa shape index (κ3) is 4.28. The number of hydrogen-bond donors (Lipinski definition) is 2. The molecule has 0 aliphatic rings. The number of carbonyl (C=O) groups excluding carboxylic acids is 2. The van der Waals surface area contributed by atoms with E-state index in [0.717, 1.165) is 27.6 Å². The molecule has 0 aliphatic carbocycles. The van der Waals surface area contributed by atoms with Crippen LogP contribution in [0.25, 0.3) is 10.8 Å². The highest BCUT2D eigenvalue weighted by molar-refractivity contribution is 5.99. The predicted molar refractivity (Wildman–Crippen MR) is 105 cm³/mol. The second kappa shape index (κ2) is 7.83. The predicted octanol–water partition coefficient (Wildman–Crippen LogP) is 4.22. The quantitative estimate of drug-likeness (QED) is 0.727. The van der Waals surface area contributed by atoms with Crippen molar-refractivity contribution in [3.05, 3.63) is 77.4 Å². The smallest absolute Gasteiger partial charge is 0.251 e. The number of aryl methyl sites for hydroxylation is 2. The number of anilines is 1. The molecule has 3 rings (SSSR count). The monoisotopic (exact) mass is 346 g/mol. The van der Waals surface area contributed by atoms with Crippen LogP contribution in [0.1, 0.15) is 27.9 Å². The first-order valence-electron chi connectivity index (χ1n) is 8.67. The molecule has 2 N–H and O–H groups in total. The van der Waals surface area contributed by atoms with E-state index in [1.165, 1.54) is 0 Å². The minimum atomic E-state index is -0.171. The number of rotatable bonds is 5. The van der Waals surface area contributed by atoms with Crippen molar-refractivity contribution in [2.24, 2.45) is 0 Å². The van der Waals surface area contributed by atoms with Crippen LogP contribution in [0.2, 0.25) is 0 Å².